The van der Waals surface area contributed by atoms with Crippen molar-refractivity contribution >= 4 is 38.7 Å². The Bertz CT molecular complexity index is 796. The Kier molecular flexibility index (Phi) is 3.69. The molecule has 0 N–H and O–H groups in total. The van der Waals surface area contributed by atoms with Gasteiger partial charge in [0.2, 0.25) is 0 Å². The van der Waals surface area contributed by atoms with Gasteiger partial charge in [-0.05, 0) is 22.9 Å². The number of halogens is 2. The monoisotopic (exact) mass is 346 g/mol. The quantitative estimate of drug-likeness (QED) is 0.770. The molecule has 0 saturated heterocycles. The van der Waals surface area contributed by atoms with E-state index in [2.05, 4.69) is 20.9 Å². The number of aromatic nitrogens is 4. The van der Waals surface area contributed by atoms with Crippen molar-refractivity contribution in [1.82, 2.24) is 18.7 Å². The van der Waals surface area contributed by atoms with E-state index in [-0.39, 0.29) is 5.56 Å². The number of hydrogen-bond donors (Lipinski definition) is 0. The van der Waals surface area contributed by atoms with Gasteiger partial charge in [0.15, 0.2) is 15.9 Å². The van der Waals surface area contributed by atoms with Gasteiger partial charge in [0, 0.05) is 25.7 Å². The second-order valence-electron chi connectivity index (χ2n) is 4.16. The van der Waals surface area contributed by atoms with Crippen LogP contribution in [-0.4, -0.2) is 18.7 Å². The molecule has 2 rings (SSSR count). The third kappa shape index (κ3) is 2.28. The number of rotatable bonds is 2. The molecular formula is C11H12BrClN4O2. The van der Waals surface area contributed by atoms with Gasteiger partial charge >= 0.3 is 5.69 Å². The Labute approximate surface area is 122 Å². The summed E-state index contributed by atoms with van der Waals surface area (Å²) in [6, 6.07) is 0. The highest BCUT2D eigenvalue weighted by Crippen LogP contribution is 2.16. The van der Waals surface area contributed by atoms with Gasteiger partial charge in [-0.2, -0.15) is 0 Å². The highest BCUT2D eigenvalue weighted by atomic mass is 79.9. The molecule has 0 unspecified atom stereocenters. The van der Waals surface area contributed by atoms with Crippen LogP contribution in [0.15, 0.2) is 25.4 Å². The number of allylic oxidation sites excluding steroid dienone is 2. The third-order valence-electron chi connectivity index (χ3n) is 2.86. The van der Waals surface area contributed by atoms with Crippen molar-refractivity contribution in [2.45, 2.75) is 13.5 Å². The molecule has 0 atom stereocenters. The highest BCUT2D eigenvalue weighted by molar-refractivity contribution is 9.10. The Balaban J connectivity index is 2.87. The van der Waals surface area contributed by atoms with Gasteiger partial charge in [-0.3, -0.25) is 13.9 Å². The lowest BCUT2D eigenvalue weighted by Crippen LogP contribution is -2.37. The molecule has 19 heavy (non-hydrogen) atoms. The SMILES string of the molecule is CC(Cl)=CCn1c(Br)nc2c1c(=O)n(C)c(=O)n2C. The fourth-order valence-corrected chi connectivity index (χ4v) is 2.36. The van der Waals surface area contributed by atoms with Crippen LogP contribution in [0.25, 0.3) is 11.2 Å². The first kappa shape index (κ1) is 14.1. The average molecular weight is 348 g/mol. The van der Waals surface area contributed by atoms with Crippen molar-refractivity contribution in [3.8, 4) is 0 Å². The van der Waals surface area contributed by atoms with Crippen LogP contribution in [-0.2, 0) is 20.6 Å². The Hall–Kier alpha value is -1.34. The summed E-state index contributed by atoms with van der Waals surface area (Å²) in [4.78, 5) is 28.2. The minimum Gasteiger partial charge on any atom is -0.309 e. The number of hydrogen-bond acceptors (Lipinski definition) is 3. The maximum Gasteiger partial charge on any atom is 0.332 e. The molecule has 102 valence electrons. The molecule has 0 aromatic carbocycles. The van der Waals surface area contributed by atoms with Crippen molar-refractivity contribution in [3.05, 3.63) is 36.7 Å². The smallest absolute Gasteiger partial charge is 0.309 e. The zero-order valence-electron chi connectivity index (χ0n) is 10.6. The zero-order valence-corrected chi connectivity index (χ0v) is 13.0. The normalized spacial score (nSPS) is 12.4. The van der Waals surface area contributed by atoms with E-state index in [1.807, 2.05) is 0 Å². The molecule has 0 aliphatic heterocycles. The second-order valence-corrected chi connectivity index (χ2v) is 5.47. The van der Waals surface area contributed by atoms with Crippen molar-refractivity contribution in [2.24, 2.45) is 14.1 Å². The predicted octanol–water partition coefficient (Wildman–Crippen LogP) is 1.34. The maximum absolute atomic E-state index is 12.2. The summed E-state index contributed by atoms with van der Waals surface area (Å²) in [7, 11) is 3.02. The highest BCUT2D eigenvalue weighted by Gasteiger charge is 2.16. The molecule has 2 heterocycles. The fraction of sp³-hybridized carbons (Fsp3) is 0.364. The van der Waals surface area contributed by atoms with Crippen LogP contribution in [0.1, 0.15) is 6.92 Å². The van der Waals surface area contributed by atoms with Crippen LogP contribution in [0.2, 0.25) is 0 Å². The van der Waals surface area contributed by atoms with E-state index in [9.17, 15) is 9.59 Å². The topological polar surface area (TPSA) is 61.8 Å². The summed E-state index contributed by atoms with van der Waals surface area (Å²) in [6.45, 7) is 2.16. The lowest BCUT2D eigenvalue weighted by Gasteiger charge is -2.05. The van der Waals surface area contributed by atoms with E-state index in [1.165, 1.54) is 11.6 Å². The summed E-state index contributed by atoms with van der Waals surface area (Å²) >= 11 is 9.09. The van der Waals surface area contributed by atoms with Gasteiger partial charge in [0.25, 0.3) is 5.56 Å². The van der Waals surface area contributed by atoms with Crippen molar-refractivity contribution < 1.29 is 0 Å². The molecule has 2 aromatic heterocycles. The Morgan fingerprint density at radius 2 is 2.00 bits per heavy atom. The average Bonchev–Trinajstić information content (AvgIpc) is 2.68. The lowest BCUT2D eigenvalue weighted by molar-refractivity contribution is 0.703. The summed E-state index contributed by atoms with van der Waals surface area (Å²) in [5, 5.41) is 0.621. The molecule has 0 aliphatic rings. The first-order valence-electron chi connectivity index (χ1n) is 5.48. The zero-order chi connectivity index (χ0) is 14.3. The Morgan fingerprint density at radius 3 is 2.58 bits per heavy atom. The van der Waals surface area contributed by atoms with E-state index in [4.69, 9.17) is 11.6 Å². The van der Waals surface area contributed by atoms with Gasteiger partial charge in [-0.1, -0.05) is 17.7 Å². The lowest BCUT2D eigenvalue weighted by atomic mass is 10.4. The van der Waals surface area contributed by atoms with E-state index in [0.717, 1.165) is 4.57 Å². The molecule has 8 heteroatoms. The summed E-state index contributed by atoms with van der Waals surface area (Å²) in [5.74, 6) is 0. The standard InChI is InChI=1S/C11H12BrClN4O2/c1-6(13)4-5-17-7-8(14-10(17)12)15(2)11(19)16(3)9(7)18/h4H,5H2,1-3H3. The largest absolute Gasteiger partial charge is 0.332 e. The molecule has 0 bridgehead atoms. The van der Waals surface area contributed by atoms with Gasteiger partial charge < -0.3 is 4.57 Å². The summed E-state index contributed by atoms with van der Waals surface area (Å²) in [5.41, 5.74) is -0.0677. The minimum absolute atomic E-state index is 0.348. The van der Waals surface area contributed by atoms with Gasteiger partial charge in [-0.25, -0.2) is 9.78 Å². The van der Waals surface area contributed by atoms with E-state index in [0.29, 0.717) is 27.5 Å². The summed E-state index contributed by atoms with van der Waals surface area (Å²) in [6.07, 6.45) is 1.76. The van der Waals surface area contributed by atoms with Crippen LogP contribution < -0.4 is 11.2 Å². The third-order valence-corrected chi connectivity index (χ3v) is 3.62. The Morgan fingerprint density at radius 1 is 1.37 bits per heavy atom. The fourth-order valence-electron chi connectivity index (χ4n) is 1.80. The first-order valence-corrected chi connectivity index (χ1v) is 6.65. The van der Waals surface area contributed by atoms with E-state index >= 15 is 0 Å². The number of fused-ring (bicyclic) bond motifs is 1. The molecule has 6 nitrogen and oxygen atoms in total. The molecular weight excluding hydrogens is 336 g/mol. The number of nitrogens with zero attached hydrogens (tertiary/aromatic N) is 4. The van der Waals surface area contributed by atoms with Crippen LogP contribution in [0.3, 0.4) is 0 Å². The van der Waals surface area contributed by atoms with Gasteiger partial charge in [0.1, 0.15) is 0 Å². The second kappa shape index (κ2) is 4.97. The van der Waals surface area contributed by atoms with Crippen LogP contribution >= 0.6 is 27.5 Å². The molecule has 0 saturated carbocycles. The van der Waals surface area contributed by atoms with Crippen LogP contribution in [0, 0.1) is 0 Å². The molecule has 0 spiro atoms. The molecule has 0 aliphatic carbocycles. The van der Waals surface area contributed by atoms with Crippen molar-refractivity contribution in [2.75, 3.05) is 0 Å². The van der Waals surface area contributed by atoms with Crippen LogP contribution in [0.4, 0.5) is 0 Å². The molecule has 0 radical (unpaired) electrons. The predicted molar refractivity (Wildman–Crippen MR) is 77.5 cm³/mol. The van der Waals surface area contributed by atoms with Crippen molar-refractivity contribution in [1.29, 1.82) is 0 Å². The summed E-state index contributed by atoms with van der Waals surface area (Å²) < 4.78 is 4.55. The van der Waals surface area contributed by atoms with Gasteiger partial charge in [-0.15, -0.1) is 0 Å². The van der Waals surface area contributed by atoms with Crippen LogP contribution in [0.5, 0.6) is 0 Å². The molecule has 2 aromatic rings. The number of imidazole rings is 1. The maximum atomic E-state index is 12.2. The number of aryl methyl sites for hydroxylation is 1. The minimum atomic E-state index is -0.404. The first-order chi connectivity index (χ1) is 8.84. The van der Waals surface area contributed by atoms with Gasteiger partial charge in [0.05, 0.1) is 0 Å². The molecule has 0 amide bonds. The molecule has 0 fully saturated rings. The van der Waals surface area contributed by atoms with E-state index in [1.54, 1.807) is 24.6 Å². The van der Waals surface area contributed by atoms with E-state index < -0.39 is 5.69 Å². The van der Waals surface area contributed by atoms with Crippen molar-refractivity contribution in [3.63, 3.8) is 0 Å².